The van der Waals surface area contributed by atoms with Gasteiger partial charge in [0.2, 0.25) is 0 Å². The monoisotopic (exact) mass is 284 g/mol. The first-order valence-corrected chi connectivity index (χ1v) is 7.80. The second-order valence-electron chi connectivity index (χ2n) is 7.37. The van der Waals surface area contributed by atoms with Crippen molar-refractivity contribution in [2.75, 3.05) is 59.2 Å². The summed E-state index contributed by atoms with van der Waals surface area (Å²) in [7, 11) is 0. The van der Waals surface area contributed by atoms with Crippen LogP contribution in [0.15, 0.2) is 0 Å². The number of hydrogen-bond acceptors (Lipinski definition) is 5. The van der Waals surface area contributed by atoms with Gasteiger partial charge in [0.15, 0.2) is 0 Å². The van der Waals surface area contributed by atoms with Crippen molar-refractivity contribution in [2.45, 2.75) is 19.4 Å². The molecule has 2 saturated heterocycles. The Hall–Kier alpha value is -0.200. The first-order valence-electron chi connectivity index (χ1n) is 7.80. The van der Waals surface area contributed by atoms with E-state index in [9.17, 15) is 10.2 Å². The zero-order chi connectivity index (χ0) is 14.4. The minimum Gasteiger partial charge on any atom is -0.396 e. The third kappa shape index (κ3) is 2.29. The SMILES string of the molecule is CC(C)(CN1CC2C(C1)C2(CO)CO)N1CCOCC1. The van der Waals surface area contributed by atoms with Crippen LogP contribution in [0, 0.1) is 17.3 Å². The Balaban J connectivity index is 1.53. The number of rotatable bonds is 5. The van der Waals surface area contributed by atoms with Gasteiger partial charge in [-0.25, -0.2) is 0 Å². The maximum absolute atomic E-state index is 9.48. The summed E-state index contributed by atoms with van der Waals surface area (Å²) < 4.78 is 5.43. The Morgan fingerprint density at radius 2 is 1.65 bits per heavy atom. The molecule has 2 aliphatic heterocycles. The number of fused-ring (bicyclic) bond motifs is 1. The van der Waals surface area contributed by atoms with Crippen LogP contribution in [0.4, 0.5) is 0 Å². The van der Waals surface area contributed by atoms with Crippen molar-refractivity contribution in [1.82, 2.24) is 9.80 Å². The predicted octanol–water partition coefficient (Wildman–Crippen LogP) is -0.370. The van der Waals surface area contributed by atoms with E-state index in [0.717, 1.165) is 45.9 Å². The van der Waals surface area contributed by atoms with Crippen LogP contribution < -0.4 is 0 Å². The number of morpholine rings is 1. The summed E-state index contributed by atoms with van der Waals surface area (Å²) in [5.74, 6) is 0.996. The summed E-state index contributed by atoms with van der Waals surface area (Å²) in [5.41, 5.74) is 0.00125. The lowest BCUT2D eigenvalue weighted by Gasteiger charge is -2.43. The van der Waals surface area contributed by atoms with Gasteiger partial charge in [0.1, 0.15) is 0 Å². The number of nitrogens with zero attached hydrogens (tertiary/aromatic N) is 2. The van der Waals surface area contributed by atoms with E-state index in [-0.39, 0.29) is 24.2 Å². The highest BCUT2D eigenvalue weighted by Gasteiger charge is 2.67. The molecule has 0 aromatic rings. The molecule has 3 aliphatic rings. The summed E-state index contributed by atoms with van der Waals surface area (Å²) >= 11 is 0. The molecule has 0 bridgehead atoms. The largest absolute Gasteiger partial charge is 0.396 e. The van der Waals surface area contributed by atoms with Gasteiger partial charge in [-0.2, -0.15) is 0 Å². The van der Waals surface area contributed by atoms with E-state index in [0.29, 0.717) is 11.8 Å². The molecule has 5 nitrogen and oxygen atoms in total. The van der Waals surface area contributed by atoms with Crippen LogP contribution in [0.5, 0.6) is 0 Å². The first-order chi connectivity index (χ1) is 9.53. The van der Waals surface area contributed by atoms with Gasteiger partial charge < -0.3 is 19.8 Å². The molecule has 0 aromatic heterocycles. The van der Waals surface area contributed by atoms with E-state index in [4.69, 9.17) is 4.74 Å². The number of aliphatic hydroxyl groups is 2. The molecule has 0 radical (unpaired) electrons. The Morgan fingerprint density at radius 3 is 2.15 bits per heavy atom. The number of aliphatic hydroxyl groups excluding tert-OH is 2. The highest BCUT2D eigenvalue weighted by Crippen LogP contribution is 2.62. The number of piperidine rings is 1. The van der Waals surface area contributed by atoms with Gasteiger partial charge in [0.05, 0.1) is 26.4 Å². The molecule has 2 N–H and O–H groups in total. The maximum Gasteiger partial charge on any atom is 0.0594 e. The minimum absolute atomic E-state index is 0.138. The van der Waals surface area contributed by atoms with Gasteiger partial charge in [-0.1, -0.05) is 0 Å². The molecular weight excluding hydrogens is 256 g/mol. The van der Waals surface area contributed by atoms with Gasteiger partial charge in [-0.05, 0) is 25.7 Å². The Morgan fingerprint density at radius 1 is 1.10 bits per heavy atom. The molecule has 1 saturated carbocycles. The molecule has 0 spiro atoms. The summed E-state index contributed by atoms with van der Waals surface area (Å²) in [5, 5.41) is 19.0. The van der Waals surface area contributed by atoms with Gasteiger partial charge in [0, 0.05) is 43.7 Å². The first kappa shape index (κ1) is 14.7. The Bertz CT molecular complexity index is 337. The summed E-state index contributed by atoms with van der Waals surface area (Å²) in [6.45, 7) is 11.7. The van der Waals surface area contributed by atoms with Gasteiger partial charge >= 0.3 is 0 Å². The smallest absolute Gasteiger partial charge is 0.0594 e. The lowest BCUT2D eigenvalue weighted by atomic mass is 9.98. The highest BCUT2D eigenvalue weighted by molar-refractivity contribution is 5.16. The van der Waals surface area contributed by atoms with Crippen molar-refractivity contribution in [3.63, 3.8) is 0 Å². The zero-order valence-corrected chi connectivity index (χ0v) is 12.7. The maximum atomic E-state index is 9.48. The van der Waals surface area contributed by atoms with Gasteiger partial charge in [-0.15, -0.1) is 0 Å². The summed E-state index contributed by atoms with van der Waals surface area (Å²) in [6, 6.07) is 0. The molecule has 0 amide bonds. The Labute approximate surface area is 121 Å². The van der Waals surface area contributed by atoms with Crippen LogP contribution in [-0.4, -0.2) is 84.7 Å². The highest BCUT2D eigenvalue weighted by atomic mass is 16.5. The van der Waals surface area contributed by atoms with Crippen molar-refractivity contribution in [3.8, 4) is 0 Å². The van der Waals surface area contributed by atoms with E-state index in [1.807, 2.05) is 0 Å². The molecule has 2 heterocycles. The fraction of sp³-hybridized carbons (Fsp3) is 1.00. The van der Waals surface area contributed by atoms with Crippen molar-refractivity contribution in [2.24, 2.45) is 17.3 Å². The fourth-order valence-electron chi connectivity index (χ4n) is 4.38. The lowest BCUT2D eigenvalue weighted by Crippen LogP contribution is -2.55. The van der Waals surface area contributed by atoms with Gasteiger partial charge in [0.25, 0.3) is 0 Å². The van der Waals surface area contributed by atoms with E-state index in [2.05, 4.69) is 23.6 Å². The standard InChI is InChI=1S/C15H28N2O3/c1-14(2,17-3-5-20-6-4-17)9-16-7-12-13(8-16)15(12,10-18)11-19/h12-13,18-19H,3-11H2,1-2H3. The lowest BCUT2D eigenvalue weighted by molar-refractivity contribution is -0.0229. The van der Waals surface area contributed by atoms with Crippen LogP contribution in [0.1, 0.15) is 13.8 Å². The number of likely N-dealkylation sites (tertiary alicyclic amines) is 1. The van der Waals surface area contributed by atoms with Crippen molar-refractivity contribution >= 4 is 0 Å². The number of ether oxygens (including phenoxy) is 1. The Kier molecular flexibility index (Phi) is 3.84. The molecule has 2 atom stereocenters. The molecule has 0 aromatic carbocycles. The van der Waals surface area contributed by atoms with Crippen molar-refractivity contribution in [1.29, 1.82) is 0 Å². The zero-order valence-electron chi connectivity index (χ0n) is 12.7. The van der Waals surface area contributed by atoms with Crippen LogP contribution in [0.25, 0.3) is 0 Å². The summed E-state index contributed by atoms with van der Waals surface area (Å²) in [6.07, 6.45) is 0. The summed E-state index contributed by atoms with van der Waals surface area (Å²) in [4.78, 5) is 5.03. The molecule has 20 heavy (non-hydrogen) atoms. The van der Waals surface area contributed by atoms with Crippen LogP contribution in [0.2, 0.25) is 0 Å². The van der Waals surface area contributed by atoms with Gasteiger partial charge in [-0.3, -0.25) is 4.90 Å². The molecule has 2 unspecified atom stereocenters. The average molecular weight is 284 g/mol. The number of hydrogen-bond donors (Lipinski definition) is 2. The average Bonchev–Trinajstić information content (AvgIpc) is 2.82. The van der Waals surface area contributed by atoms with Crippen molar-refractivity contribution < 1.29 is 14.9 Å². The van der Waals surface area contributed by atoms with Crippen molar-refractivity contribution in [3.05, 3.63) is 0 Å². The van der Waals surface area contributed by atoms with Crippen LogP contribution in [-0.2, 0) is 4.74 Å². The fourth-order valence-corrected chi connectivity index (χ4v) is 4.38. The predicted molar refractivity (Wildman–Crippen MR) is 76.5 cm³/mol. The molecular formula is C15H28N2O3. The molecule has 5 heteroatoms. The molecule has 1 aliphatic carbocycles. The molecule has 3 rings (SSSR count). The van der Waals surface area contributed by atoms with Crippen LogP contribution >= 0.6 is 0 Å². The third-order valence-corrected chi connectivity index (χ3v) is 5.83. The normalized spacial score (nSPS) is 34.2. The second-order valence-corrected chi connectivity index (χ2v) is 7.37. The topological polar surface area (TPSA) is 56.2 Å². The third-order valence-electron chi connectivity index (χ3n) is 5.83. The second kappa shape index (κ2) is 5.21. The van der Waals surface area contributed by atoms with E-state index in [1.165, 1.54) is 0 Å². The molecule has 3 fully saturated rings. The van der Waals surface area contributed by atoms with E-state index >= 15 is 0 Å². The van der Waals surface area contributed by atoms with E-state index in [1.54, 1.807) is 0 Å². The van der Waals surface area contributed by atoms with E-state index < -0.39 is 0 Å². The quantitative estimate of drug-likeness (QED) is 0.721. The molecule has 116 valence electrons. The minimum atomic E-state index is -0.167. The van der Waals surface area contributed by atoms with Crippen LogP contribution in [0.3, 0.4) is 0 Å².